The number of likely N-dealkylation sites (tertiary alicyclic amines) is 1. The highest BCUT2D eigenvalue weighted by molar-refractivity contribution is 5.80. The van der Waals surface area contributed by atoms with Gasteiger partial charge in [-0.1, -0.05) is 24.3 Å². The second-order valence-electron chi connectivity index (χ2n) is 8.30. The third-order valence-corrected chi connectivity index (χ3v) is 6.02. The molecule has 5 heteroatoms. The summed E-state index contributed by atoms with van der Waals surface area (Å²) in [6.45, 7) is 12.6. The Kier molecular flexibility index (Phi) is 6.77. The Morgan fingerprint density at radius 3 is 2.56 bits per heavy atom. The summed E-state index contributed by atoms with van der Waals surface area (Å²) in [6.07, 6.45) is 3.72. The first-order valence-corrected chi connectivity index (χ1v) is 10.4. The highest BCUT2D eigenvalue weighted by atomic mass is 16.5. The third kappa shape index (κ3) is 5.02. The maximum Gasteiger partial charge on any atom is 0.193 e. The lowest BCUT2D eigenvalue weighted by Crippen LogP contribution is -2.56. The van der Waals surface area contributed by atoms with E-state index in [1.165, 1.54) is 11.1 Å². The van der Waals surface area contributed by atoms with E-state index in [1.54, 1.807) is 0 Å². The third-order valence-electron chi connectivity index (χ3n) is 6.02. The number of hydrogen-bond acceptors (Lipinski definition) is 3. The van der Waals surface area contributed by atoms with Crippen LogP contribution < -0.4 is 5.32 Å². The van der Waals surface area contributed by atoms with Gasteiger partial charge in [-0.2, -0.15) is 0 Å². The Hall–Kier alpha value is -1.59. The zero-order valence-corrected chi connectivity index (χ0v) is 17.5. The van der Waals surface area contributed by atoms with Crippen molar-refractivity contribution < 1.29 is 4.74 Å². The number of benzene rings is 1. The van der Waals surface area contributed by atoms with Crippen LogP contribution in [0.25, 0.3) is 0 Å². The molecular formula is C22H36N4O. The van der Waals surface area contributed by atoms with Gasteiger partial charge < -0.3 is 15.0 Å². The molecule has 0 spiro atoms. The molecular weight excluding hydrogens is 336 g/mol. The number of piperidine rings is 1. The summed E-state index contributed by atoms with van der Waals surface area (Å²) < 4.78 is 5.77. The van der Waals surface area contributed by atoms with Crippen molar-refractivity contribution in [1.29, 1.82) is 0 Å². The van der Waals surface area contributed by atoms with E-state index in [0.29, 0.717) is 6.10 Å². The normalized spacial score (nSPS) is 19.9. The van der Waals surface area contributed by atoms with Crippen LogP contribution in [0.4, 0.5) is 0 Å². The standard InChI is InChI=1S/C22H36N4O/c1-5-27-20-11-13-25(14-12-20)21(23-4)24-17-22(2,3)26-15-10-18-8-6-7-9-19(18)16-26/h6-9,20H,5,10-17H2,1-4H3,(H,23,24). The molecule has 2 aliphatic rings. The van der Waals surface area contributed by atoms with E-state index in [1.807, 2.05) is 7.05 Å². The molecule has 1 fully saturated rings. The molecule has 27 heavy (non-hydrogen) atoms. The van der Waals surface area contributed by atoms with Crippen LogP contribution in [-0.4, -0.2) is 67.2 Å². The van der Waals surface area contributed by atoms with Gasteiger partial charge in [0, 0.05) is 51.9 Å². The Morgan fingerprint density at radius 1 is 1.19 bits per heavy atom. The molecule has 0 radical (unpaired) electrons. The van der Waals surface area contributed by atoms with Gasteiger partial charge in [0.2, 0.25) is 0 Å². The highest BCUT2D eigenvalue weighted by Crippen LogP contribution is 2.25. The van der Waals surface area contributed by atoms with E-state index in [9.17, 15) is 0 Å². The average molecular weight is 373 g/mol. The fourth-order valence-electron chi connectivity index (χ4n) is 4.22. The predicted molar refractivity (Wildman–Crippen MR) is 112 cm³/mol. The van der Waals surface area contributed by atoms with Crippen molar-refractivity contribution in [2.24, 2.45) is 4.99 Å². The van der Waals surface area contributed by atoms with Crippen LogP contribution in [0.15, 0.2) is 29.3 Å². The van der Waals surface area contributed by atoms with Gasteiger partial charge in [-0.25, -0.2) is 0 Å². The number of ether oxygens (including phenoxy) is 1. The minimum Gasteiger partial charge on any atom is -0.378 e. The molecule has 0 aromatic heterocycles. The van der Waals surface area contributed by atoms with Crippen molar-refractivity contribution in [1.82, 2.24) is 15.1 Å². The van der Waals surface area contributed by atoms with Gasteiger partial charge in [0.15, 0.2) is 5.96 Å². The number of aliphatic imine (C=N–C) groups is 1. The quantitative estimate of drug-likeness (QED) is 0.637. The topological polar surface area (TPSA) is 40.1 Å². The molecule has 2 aliphatic heterocycles. The summed E-state index contributed by atoms with van der Waals surface area (Å²) in [6, 6.07) is 8.85. The molecule has 150 valence electrons. The van der Waals surface area contributed by atoms with Crippen LogP contribution >= 0.6 is 0 Å². The van der Waals surface area contributed by atoms with Crippen LogP contribution in [-0.2, 0) is 17.7 Å². The van der Waals surface area contributed by atoms with Crippen molar-refractivity contribution >= 4 is 5.96 Å². The van der Waals surface area contributed by atoms with E-state index >= 15 is 0 Å². The zero-order valence-electron chi connectivity index (χ0n) is 17.5. The maximum atomic E-state index is 5.77. The van der Waals surface area contributed by atoms with Gasteiger partial charge in [-0.05, 0) is 51.2 Å². The van der Waals surface area contributed by atoms with Gasteiger partial charge in [-0.15, -0.1) is 0 Å². The van der Waals surface area contributed by atoms with Crippen LogP contribution in [0.5, 0.6) is 0 Å². The van der Waals surface area contributed by atoms with E-state index in [-0.39, 0.29) is 5.54 Å². The monoisotopic (exact) mass is 372 g/mol. The summed E-state index contributed by atoms with van der Waals surface area (Å²) >= 11 is 0. The van der Waals surface area contributed by atoms with E-state index in [4.69, 9.17) is 4.74 Å². The molecule has 0 bridgehead atoms. The summed E-state index contributed by atoms with van der Waals surface area (Å²) in [5.41, 5.74) is 3.05. The molecule has 1 N–H and O–H groups in total. The average Bonchev–Trinajstić information content (AvgIpc) is 2.69. The van der Waals surface area contributed by atoms with Crippen LogP contribution in [0.2, 0.25) is 0 Å². The highest BCUT2D eigenvalue weighted by Gasteiger charge is 2.30. The predicted octanol–water partition coefficient (Wildman–Crippen LogP) is 2.90. The summed E-state index contributed by atoms with van der Waals surface area (Å²) in [5.74, 6) is 1.02. The molecule has 0 unspecified atom stereocenters. The van der Waals surface area contributed by atoms with E-state index < -0.39 is 0 Å². The molecule has 5 nitrogen and oxygen atoms in total. The smallest absolute Gasteiger partial charge is 0.193 e. The first kappa shape index (κ1) is 20.2. The second kappa shape index (κ2) is 9.07. The summed E-state index contributed by atoms with van der Waals surface area (Å²) in [7, 11) is 1.89. The van der Waals surface area contributed by atoms with E-state index in [0.717, 1.165) is 64.6 Å². The number of hydrogen-bond donors (Lipinski definition) is 1. The molecule has 0 atom stereocenters. The maximum absolute atomic E-state index is 5.77. The fraction of sp³-hybridized carbons (Fsp3) is 0.682. The number of fused-ring (bicyclic) bond motifs is 1. The van der Waals surface area contributed by atoms with Crippen LogP contribution in [0.1, 0.15) is 44.7 Å². The van der Waals surface area contributed by atoms with Gasteiger partial charge in [0.25, 0.3) is 0 Å². The lowest BCUT2D eigenvalue weighted by molar-refractivity contribution is 0.0261. The molecule has 0 aliphatic carbocycles. The Morgan fingerprint density at radius 2 is 1.89 bits per heavy atom. The van der Waals surface area contributed by atoms with Crippen LogP contribution in [0.3, 0.4) is 0 Å². The molecule has 1 aromatic carbocycles. The molecule has 0 amide bonds. The first-order valence-electron chi connectivity index (χ1n) is 10.4. The lowest BCUT2D eigenvalue weighted by atomic mass is 9.94. The SMILES string of the molecule is CCOC1CCN(C(=NC)NCC(C)(C)N2CCc3ccccc3C2)CC1. The fourth-order valence-corrected chi connectivity index (χ4v) is 4.22. The minimum absolute atomic E-state index is 0.0765. The Balaban J connectivity index is 1.53. The van der Waals surface area contributed by atoms with Gasteiger partial charge >= 0.3 is 0 Å². The Bertz CT molecular complexity index is 635. The van der Waals surface area contributed by atoms with Crippen molar-refractivity contribution in [3.8, 4) is 0 Å². The second-order valence-corrected chi connectivity index (χ2v) is 8.30. The van der Waals surface area contributed by atoms with Crippen molar-refractivity contribution in [3.05, 3.63) is 35.4 Å². The van der Waals surface area contributed by atoms with Gasteiger partial charge in [0.1, 0.15) is 0 Å². The Labute approximate surface area is 164 Å². The number of nitrogens with zero attached hydrogens (tertiary/aromatic N) is 3. The van der Waals surface area contributed by atoms with Crippen molar-refractivity contribution in [2.45, 2.75) is 58.2 Å². The number of nitrogens with one attached hydrogen (secondary N) is 1. The molecule has 1 saturated heterocycles. The molecule has 0 saturated carbocycles. The molecule has 2 heterocycles. The van der Waals surface area contributed by atoms with Crippen molar-refractivity contribution in [3.63, 3.8) is 0 Å². The largest absolute Gasteiger partial charge is 0.378 e. The van der Waals surface area contributed by atoms with E-state index in [2.05, 4.69) is 65.1 Å². The minimum atomic E-state index is 0.0765. The van der Waals surface area contributed by atoms with Gasteiger partial charge in [0.05, 0.1) is 6.10 Å². The molecule has 3 rings (SSSR count). The van der Waals surface area contributed by atoms with Crippen molar-refractivity contribution in [2.75, 3.05) is 39.8 Å². The summed E-state index contributed by atoms with van der Waals surface area (Å²) in [4.78, 5) is 9.51. The number of rotatable bonds is 5. The lowest BCUT2D eigenvalue weighted by Gasteiger charge is -2.42. The van der Waals surface area contributed by atoms with Gasteiger partial charge in [-0.3, -0.25) is 9.89 Å². The number of guanidine groups is 1. The first-order chi connectivity index (χ1) is 13.0. The summed E-state index contributed by atoms with van der Waals surface area (Å²) in [5, 5.41) is 3.64. The molecule has 1 aromatic rings. The zero-order chi connectivity index (χ0) is 19.3. The van der Waals surface area contributed by atoms with Crippen LogP contribution in [0, 0.1) is 0 Å².